The largest absolute Gasteiger partial charge is 0.493 e. The SMILES string of the molecule is CCOc1nc(Nc2ccc(OCC(C)C)cc2)ncc1C(F)(F)F. The summed E-state index contributed by atoms with van der Waals surface area (Å²) in [5.74, 6) is 0.648. The van der Waals surface area contributed by atoms with Crippen molar-refractivity contribution in [1.29, 1.82) is 0 Å². The van der Waals surface area contributed by atoms with Gasteiger partial charge in [0.1, 0.15) is 11.3 Å². The fourth-order valence-electron chi connectivity index (χ4n) is 1.89. The maximum Gasteiger partial charge on any atom is 0.423 e. The highest BCUT2D eigenvalue weighted by Crippen LogP contribution is 2.35. The first-order valence-corrected chi connectivity index (χ1v) is 7.86. The zero-order valence-electron chi connectivity index (χ0n) is 14.2. The summed E-state index contributed by atoms with van der Waals surface area (Å²) in [5, 5.41) is 2.85. The number of hydrogen-bond acceptors (Lipinski definition) is 5. The maximum absolute atomic E-state index is 12.9. The predicted octanol–water partition coefficient (Wildman–Crippen LogP) is 4.67. The predicted molar refractivity (Wildman–Crippen MR) is 88.3 cm³/mol. The normalized spacial score (nSPS) is 11.5. The maximum atomic E-state index is 12.9. The van der Waals surface area contributed by atoms with Gasteiger partial charge in [-0.3, -0.25) is 0 Å². The van der Waals surface area contributed by atoms with E-state index < -0.39 is 17.6 Å². The molecule has 0 spiro atoms. The molecule has 0 saturated carbocycles. The van der Waals surface area contributed by atoms with Gasteiger partial charge < -0.3 is 14.8 Å². The van der Waals surface area contributed by atoms with Crippen LogP contribution in [0.4, 0.5) is 24.8 Å². The number of aromatic nitrogens is 2. The molecule has 136 valence electrons. The van der Waals surface area contributed by atoms with Gasteiger partial charge in [-0.1, -0.05) is 13.8 Å². The molecule has 0 aliphatic heterocycles. The smallest absolute Gasteiger partial charge is 0.423 e. The second-order valence-corrected chi connectivity index (χ2v) is 5.70. The molecule has 1 heterocycles. The van der Waals surface area contributed by atoms with E-state index in [1.165, 1.54) is 0 Å². The standard InChI is InChI=1S/C17H20F3N3O2/c1-4-24-15-14(17(18,19)20)9-21-16(23-15)22-12-5-7-13(8-6-12)25-10-11(2)3/h5-9,11H,4,10H2,1-3H3,(H,21,22,23). The quantitative estimate of drug-likeness (QED) is 0.782. The van der Waals surface area contributed by atoms with Crippen LogP contribution in [0.3, 0.4) is 0 Å². The molecule has 8 heteroatoms. The van der Waals surface area contributed by atoms with Gasteiger partial charge in [-0.25, -0.2) is 4.98 Å². The summed E-state index contributed by atoms with van der Waals surface area (Å²) >= 11 is 0. The van der Waals surface area contributed by atoms with Crippen molar-refractivity contribution in [2.45, 2.75) is 26.9 Å². The fourth-order valence-corrected chi connectivity index (χ4v) is 1.89. The highest BCUT2D eigenvalue weighted by atomic mass is 19.4. The minimum absolute atomic E-state index is 0.0206. The number of nitrogens with one attached hydrogen (secondary N) is 1. The summed E-state index contributed by atoms with van der Waals surface area (Å²) in [7, 11) is 0. The lowest BCUT2D eigenvalue weighted by Crippen LogP contribution is -2.12. The fraction of sp³-hybridized carbons (Fsp3) is 0.412. The Morgan fingerprint density at radius 2 is 1.80 bits per heavy atom. The van der Waals surface area contributed by atoms with Crippen LogP contribution >= 0.6 is 0 Å². The summed E-state index contributed by atoms with van der Waals surface area (Å²) < 4.78 is 49.3. The van der Waals surface area contributed by atoms with Crippen LogP contribution in [0.15, 0.2) is 30.5 Å². The van der Waals surface area contributed by atoms with Gasteiger partial charge in [0, 0.05) is 11.9 Å². The van der Waals surface area contributed by atoms with Gasteiger partial charge in [-0.15, -0.1) is 0 Å². The lowest BCUT2D eigenvalue weighted by molar-refractivity contribution is -0.139. The minimum atomic E-state index is -4.57. The van der Waals surface area contributed by atoms with E-state index in [-0.39, 0.29) is 12.6 Å². The molecule has 5 nitrogen and oxygen atoms in total. The molecule has 0 unspecified atom stereocenters. The summed E-state index contributed by atoms with van der Waals surface area (Å²) in [6.07, 6.45) is -3.86. The highest BCUT2D eigenvalue weighted by Gasteiger charge is 2.36. The van der Waals surface area contributed by atoms with E-state index in [1.807, 2.05) is 13.8 Å². The first-order valence-electron chi connectivity index (χ1n) is 7.86. The molecule has 0 bridgehead atoms. The van der Waals surface area contributed by atoms with Crippen molar-refractivity contribution in [3.05, 3.63) is 36.0 Å². The Kier molecular flexibility index (Phi) is 6.06. The third-order valence-electron chi connectivity index (χ3n) is 3.03. The van der Waals surface area contributed by atoms with Crippen molar-refractivity contribution in [2.24, 2.45) is 5.92 Å². The molecule has 0 saturated heterocycles. The van der Waals surface area contributed by atoms with Gasteiger partial charge in [-0.2, -0.15) is 18.2 Å². The average Bonchev–Trinajstić information content (AvgIpc) is 2.53. The third kappa shape index (κ3) is 5.51. The second kappa shape index (κ2) is 8.04. The first-order chi connectivity index (χ1) is 11.8. The second-order valence-electron chi connectivity index (χ2n) is 5.70. The van der Waals surface area contributed by atoms with E-state index in [1.54, 1.807) is 31.2 Å². The topological polar surface area (TPSA) is 56.3 Å². The average molecular weight is 355 g/mol. The molecular formula is C17H20F3N3O2. The molecule has 2 aromatic rings. The van der Waals surface area contributed by atoms with Gasteiger partial charge in [-0.05, 0) is 37.1 Å². The molecule has 25 heavy (non-hydrogen) atoms. The molecule has 1 aromatic heterocycles. The van der Waals surface area contributed by atoms with Crippen molar-refractivity contribution < 1.29 is 22.6 Å². The van der Waals surface area contributed by atoms with Crippen LogP contribution in [0.2, 0.25) is 0 Å². The van der Waals surface area contributed by atoms with E-state index in [9.17, 15) is 13.2 Å². The number of rotatable bonds is 7. The minimum Gasteiger partial charge on any atom is -0.493 e. The number of alkyl halides is 3. The molecule has 0 aliphatic rings. The van der Waals surface area contributed by atoms with Crippen molar-refractivity contribution in [2.75, 3.05) is 18.5 Å². The number of ether oxygens (including phenoxy) is 2. The Morgan fingerprint density at radius 1 is 1.12 bits per heavy atom. The van der Waals surface area contributed by atoms with E-state index >= 15 is 0 Å². The molecule has 2 rings (SSSR count). The third-order valence-corrected chi connectivity index (χ3v) is 3.03. The van der Waals surface area contributed by atoms with E-state index in [0.29, 0.717) is 30.2 Å². The van der Waals surface area contributed by atoms with Crippen molar-refractivity contribution >= 4 is 11.6 Å². The summed E-state index contributed by atoms with van der Waals surface area (Å²) in [4.78, 5) is 7.52. The van der Waals surface area contributed by atoms with Crippen LogP contribution in [0.25, 0.3) is 0 Å². The Bertz CT molecular complexity index is 689. The Balaban J connectivity index is 2.13. The molecule has 1 N–H and O–H groups in total. The molecule has 0 radical (unpaired) electrons. The highest BCUT2D eigenvalue weighted by molar-refractivity contribution is 5.55. The van der Waals surface area contributed by atoms with Crippen molar-refractivity contribution in [3.8, 4) is 11.6 Å². The lowest BCUT2D eigenvalue weighted by atomic mass is 10.2. The number of anilines is 2. The first kappa shape index (κ1) is 18.8. The molecule has 0 aliphatic carbocycles. The van der Waals surface area contributed by atoms with Gasteiger partial charge in [0.2, 0.25) is 11.8 Å². The van der Waals surface area contributed by atoms with Crippen LogP contribution in [0.1, 0.15) is 26.3 Å². The zero-order valence-corrected chi connectivity index (χ0v) is 14.2. The van der Waals surface area contributed by atoms with E-state index in [0.717, 1.165) is 0 Å². The van der Waals surface area contributed by atoms with Gasteiger partial charge >= 0.3 is 6.18 Å². The van der Waals surface area contributed by atoms with Crippen LogP contribution in [-0.4, -0.2) is 23.2 Å². The van der Waals surface area contributed by atoms with Crippen LogP contribution in [-0.2, 0) is 6.18 Å². The van der Waals surface area contributed by atoms with Crippen molar-refractivity contribution in [1.82, 2.24) is 9.97 Å². The summed E-state index contributed by atoms with van der Waals surface area (Å²) in [6, 6.07) is 6.99. The number of benzene rings is 1. The Labute approximate surface area is 144 Å². The molecule has 0 amide bonds. The summed E-state index contributed by atoms with van der Waals surface area (Å²) in [6.45, 7) is 6.36. The van der Waals surface area contributed by atoms with E-state index in [2.05, 4.69) is 15.3 Å². The lowest BCUT2D eigenvalue weighted by Gasteiger charge is -2.13. The Morgan fingerprint density at radius 3 is 2.36 bits per heavy atom. The van der Waals surface area contributed by atoms with Gasteiger partial charge in [0.15, 0.2) is 0 Å². The van der Waals surface area contributed by atoms with Crippen molar-refractivity contribution in [3.63, 3.8) is 0 Å². The molecular weight excluding hydrogens is 335 g/mol. The molecule has 0 fully saturated rings. The number of halogens is 3. The van der Waals surface area contributed by atoms with Crippen LogP contribution in [0, 0.1) is 5.92 Å². The Hall–Kier alpha value is -2.51. The van der Waals surface area contributed by atoms with Crippen LogP contribution < -0.4 is 14.8 Å². The zero-order chi connectivity index (χ0) is 18.4. The van der Waals surface area contributed by atoms with Crippen LogP contribution in [0.5, 0.6) is 11.6 Å². The summed E-state index contributed by atoms with van der Waals surface area (Å²) in [5.41, 5.74) is -0.378. The monoisotopic (exact) mass is 355 g/mol. The van der Waals surface area contributed by atoms with Gasteiger partial charge in [0.25, 0.3) is 0 Å². The molecule has 0 atom stereocenters. The number of nitrogens with zero attached hydrogens (tertiary/aromatic N) is 2. The molecule has 1 aromatic carbocycles. The number of hydrogen-bond donors (Lipinski definition) is 1. The van der Waals surface area contributed by atoms with E-state index in [4.69, 9.17) is 9.47 Å². The van der Waals surface area contributed by atoms with Gasteiger partial charge in [0.05, 0.1) is 13.2 Å².